The van der Waals surface area contributed by atoms with E-state index >= 15 is 0 Å². The molecule has 1 amide bonds. The summed E-state index contributed by atoms with van der Waals surface area (Å²) < 4.78 is 13.7. The van der Waals surface area contributed by atoms with E-state index in [0.717, 1.165) is 12.5 Å². The third-order valence-electron chi connectivity index (χ3n) is 2.89. The van der Waals surface area contributed by atoms with E-state index in [1.165, 1.54) is 6.07 Å². The molecular formula is C13H19FN2O2. The van der Waals surface area contributed by atoms with Crippen LogP contribution in [0.5, 0.6) is 0 Å². The van der Waals surface area contributed by atoms with Crippen LogP contribution in [0, 0.1) is 5.82 Å². The third kappa shape index (κ3) is 4.09. The van der Waals surface area contributed by atoms with Crippen LogP contribution in [0.2, 0.25) is 0 Å². The fourth-order valence-electron chi connectivity index (χ4n) is 1.70. The highest BCUT2D eigenvalue weighted by molar-refractivity contribution is 5.92. The van der Waals surface area contributed by atoms with Crippen LogP contribution < -0.4 is 11.1 Å². The number of rotatable bonds is 7. The number of nitrogens with one attached hydrogen (secondary N) is 1. The lowest BCUT2D eigenvalue weighted by molar-refractivity contribution is 0.1000. The normalized spacial score (nSPS) is 12.4. The SMILES string of the molecule is CCC(CCO)NCc1ccc(C(N)=O)cc1F. The van der Waals surface area contributed by atoms with Gasteiger partial charge in [-0.25, -0.2) is 4.39 Å². The van der Waals surface area contributed by atoms with Gasteiger partial charge < -0.3 is 16.2 Å². The van der Waals surface area contributed by atoms with Gasteiger partial charge in [0.1, 0.15) is 5.82 Å². The summed E-state index contributed by atoms with van der Waals surface area (Å²) in [4.78, 5) is 10.9. The van der Waals surface area contributed by atoms with Gasteiger partial charge in [-0.3, -0.25) is 4.79 Å². The maximum absolute atomic E-state index is 13.7. The summed E-state index contributed by atoms with van der Waals surface area (Å²) in [5.41, 5.74) is 5.72. The van der Waals surface area contributed by atoms with Crippen LogP contribution in [-0.4, -0.2) is 23.7 Å². The van der Waals surface area contributed by atoms with Crippen molar-refractivity contribution < 1.29 is 14.3 Å². The van der Waals surface area contributed by atoms with Crippen molar-refractivity contribution in [3.63, 3.8) is 0 Å². The summed E-state index contributed by atoms with van der Waals surface area (Å²) in [6.45, 7) is 2.47. The molecular weight excluding hydrogens is 235 g/mol. The number of primary amides is 1. The molecule has 1 aromatic carbocycles. The van der Waals surface area contributed by atoms with E-state index in [9.17, 15) is 9.18 Å². The summed E-state index contributed by atoms with van der Waals surface area (Å²) in [5.74, 6) is -1.09. The van der Waals surface area contributed by atoms with Gasteiger partial charge in [0.05, 0.1) is 0 Å². The number of hydrogen-bond donors (Lipinski definition) is 3. The van der Waals surface area contributed by atoms with Crippen LogP contribution in [0.3, 0.4) is 0 Å². The Bertz CT molecular complexity index is 410. The first kappa shape index (κ1) is 14.6. The molecule has 0 radical (unpaired) electrons. The van der Waals surface area contributed by atoms with Gasteiger partial charge in [0.25, 0.3) is 0 Å². The second kappa shape index (κ2) is 7.08. The maximum atomic E-state index is 13.7. The van der Waals surface area contributed by atoms with Gasteiger partial charge in [0.15, 0.2) is 0 Å². The van der Waals surface area contributed by atoms with Crippen molar-refractivity contribution in [1.82, 2.24) is 5.32 Å². The quantitative estimate of drug-likeness (QED) is 0.684. The lowest BCUT2D eigenvalue weighted by Gasteiger charge is -2.16. The minimum atomic E-state index is -0.639. The number of halogens is 1. The van der Waals surface area contributed by atoms with Crippen LogP contribution in [0.4, 0.5) is 4.39 Å². The Kier molecular flexibility index (Phi) is 5.74. The molecule has 0 aliphatic rings. The first-order valence-corrected chi connectivity index (χ1v) is 6.01. The number of hydrogen-bond acceptors (Lipinski definition) is 3. The number of aliphatic hydroxyl groups is 1. The summed E-state index contributed by atoms with van der Waals surface area (Å²) in [7, 11) is 0. The fraction of sp³-hybridized carbons (Fsp3) is 0.462. The van der Waals surface area contributed by atoms with Crippen molar-refractivity contribution in [2.45, 2.75) is 32.4 Å². The van der Waals surface area contributed by atoms with Gasteiger partial charge in [-0.05, 0) is 25.0 Å². The summed E-state index contributed by atoms with van der Waals surface area (Å²) in [6, 6.07) is 4.36. The highest BCUT2D eigenvalue weighted by Gasteiger charge is 2.09. The monoisotopic (exact) mass is 254 g/mol. The number of carbonyl (C=O) groups is 1. The van der Waals surface area contributed by atoms with E-state index < -0.39 is 11.7 Å². The lowest BCUT2D eigenvalue weighted by Crippen LogP contribution is -2.29. The molecule has 1 rings (SSSR count). The fourth-order valence-corrected chi connectivity index (χ4v) is 1.70. The highest BCUT2D eigenvalue weighted by atomic mass is 19.1. The number of carbonyl (C=O) groups excluding carboxylic acids is 1. The molecule has 1 unspecified atom stereocenters. The first-order chi connectivity index (χ1) is 8.58. The second-order valence-electron chi connectivity index (χ2n) is 4.17. The van der Waals surface area contributed by atoms with Crippen LogP contribution in [0.25, 0.3) is 0 Å². The molecule has 0 saturated heterocycles. The lowest BCUT2D eigenvalue weighted by atomic mass is 10.1. The summed E-state index contributed by atoms with van der Waals surface area (Å²) in [6.07, 6.45) is 1.50. The molecule has 4 N–H and O–H groups in total. The molecule has 18 heavy (non-hydrogen) atoms. The smallest absolute Gasteiger partial charge is 0.248 e. The van der Waals surface area contributed by atoms with Crippen LogP contribution >= 0.6 is 0 Å². The maximum Gasteiger partial charge on any atom is 0.248 e. The summed E-state index contributed by atoms with van der Waals surface area (Å²) >= 11 is 0. The molecule has 5 heteroatoms. The molecule has 0 aromatic heterocycles. The van der Waals surface area contributed by atoms with Crippen molar-refractivity contribution >= 4 is 5.91 Å². The minimum Gasteiger partial charge on any atom is -0.396 e. The average molecular weight is 254 g/mol. The van der Waals surface area contributed by atoms with Gasteiger partial charge in [-0.1, -0.05) is 13.0 Å². The topological polar surface area (TPSA) is 75.3 Å². The molecule has 1 aromatic rings. The minimum absolute atomic E-state index is 0.106. The second-order valence-corrected chi connectivity index (χ2v) is 4.17. The Morgan fingerprint density at radius 3 is 2.78 bits per heavy atom. The Hall–Kier alpha value is -1.46. The zero-order valence-corrected chi connectivity index (χ0v) is 10.4. The molecule has 1 atom stereocenters. The Morgan fingerprint density at radius 2 is 2.28 bits per heavy atom. The van der Waals surface area contributed by atoms with E-state index in [2.05, 4.69) is 5.32 Å². The van der Waals surface area contributed by atoms with Gasteiger partial charge in [-0.2, -0.15) is 0 Å². The zero-order chi connectivity index (χ0) is 13.5. The van der Waals surface area contributed by atoms with Crippen molar-refractivity contribution in [2.24, 2.45) is 5.73 Å². The Labute approximate surface area is 106 Å². The van der Waals surface area contributed by atoms with Crippen molar-refractivity contribution in [2.75, 3.05) is 6.61 Å². The molecule has 0 aliphatic heterocycles. The molecule has 0 fully saturated rings. The molecule has 0 aliphatic carbocycles. The molecule has 4 nitrogen and oxygen atoms in total. The van der Waals surface area contributed by atoms with Gasteiger partial charge in [0, 0.05) is 30.3 Å². The molecule has 0 heterocycles. The zero-order valence-electron chi connectivity index (χ0n) is 10.4. The molecule has 0 spiro atoms. The predicted molar refractivity (Wildman–Crippen MR) is 67.5 cm³/mol. The average Bonchev–Trinajstić information content (AvgIpc) is 2.35. The van der Waals surface area contributed by atoms with E-state index in [1.807, 2.05) is 6.92 Å². The standard InChI is InChI=1S/C13H19FN2O2/c1-2-11(5-6-17)16-8-10-4-3-9(13(15)18)7-12(10)14/h3-4,7,11,16-17H,2,5-6,8H2,1H3,(H2,15,18). The molecule has 0 bridgehead atoms. The van der Waals surface area contributed by atoms with Crippen molar-refractivity contribution in [3.8, 4) is 0 Å². The highest BCUT2D eigenvalue weighted by Crippen LogP contribution is 2.11. The van der Waals surface area contributed by atoms with Gasteiger partial charge in [0.2, 0.25) is 5.91 Å². The predicted octanol–water partition coefficient (Wildman–Crippen LogP) is 1.18. The van der Waals surface area contributed by atoms with E-state index in [-0.39, 0.29) is 18.2 Å². The van der Waals surface area contributed by atoms with Crippen molar-refractivity contribution in [3.05, 3.63) is 35.1 Å². The van der Waals surface area contributed by atoms with Gasteiger partial charge >= 0.3 is 0 Å². The van der Waals surface area contributed by atoms with Crippen LogP contribution in [-0.2, 0) is 6.54 Å². The number of nitrogens with two attached hydrogens (primary N) is 1. The largest absolute Gasteiger partial charge is 0.396 e. The van der Waals surface area contributed by atoms with E-state index in [4.69, 9.17) is 10.8 Å². The van der Waals surface area contributed by atoms with Gasteiger partial charge in [-0.15, -0.1) is 0 Å². The molecule has 0 saturated carbocycles. The first-order valence-electron chi connectivity index (χ1n) is 6.01. The van der Waals surface area contributed by atoms with Crippen LogP contribution in [0.15, 0.2) is 18.2 Å². The Morgan fingerprint density at radius 1 is 1.56 bits per heavy atom. The van der Waals surface area contributed by atoms with Crippen LogP contribution in [0.1, 0.15) is 35.7 Å². The van der Waals surface area contributed by atoms with E-state index in [0.29, 0.717) is 18.5 Å². The van der Waals surface area contributed by atoms with Crippen molar-refractivity contribution in [1.29, 1.82) is 0 Å². The Balaban J connectivity index is 2.65. The third-order valence-corrected chi connectivity index (χ3v) is 2.89. The summed E-state index contributed by atoms with van der Waals surface area (Å²) in [5, 5.41) is 12.0. The number of benzene rings is 1. The number of aliphatic hydroxyl groups excluding tert-OH is 1. The van der Waals surface area contributed by atoms with E-state index in [1.54, 1.807) is 6.07 Å². The molecule has 100 valence electrons. The number of amides is 1.